The minimum atomic E-state index is 0.917. The summed E-state index contributed by atoms with van der Waals surface area (Å²) in [6.07, 6.45) is 19.2. The zero-order valence-corrected chi connectivity index (χ0v) is 28.3. The summed E-state index contributed by atoms with van der Waals surface area (Å²) in [5.74, 6) is 1.83. The number of hydrogen-bond acceptors (Lipinski definition) is 0. The molecule has 2 aliphatic carbocycles. The first kappa shape index (κ1) is 32.7. The molecule has 0 fully saturated rings. The number of rotatable bonds is 9. The molecule has 0 nitrogen and oxygen atoms in total. The van der Waals surface area contributed by atoms with E-state index in [0.29, 0.717) is 0 Å². The monoisotopic (exact) mass is 594 g/mol. The van der Waals surface area contributed by atoms with Crippen LogP contribution in [0.25, 0.3) is 33.4 Å². The Bertz CT molecular complexity index is 1510. The fourth-order valence-corrected chi connectivity index (χ4v) is 7.07. The lowest BCUT2D eigenvalue weighted by atomic mass is 9.84. The van der Waals surface area contributed by atoms with Crippen molar-refractivity contribution in [3.8, 4) is 22.3 Å². The van der Waals surface area contributed by atoms with Gasteiger partial charge in [-0.2, -0.15) is 0 Å². The molecule has 45 heavy (non-hydrogen) atoms. The summed E-state index contributed by atoms with van der Waals surface area (Å²) in [6, 6.07) is 36.0. The Hall–Kier alpha value is -3.64. The lowest BCUT2D eigenvalue weighted by Crippen LogP contribution is -2.04. The Kier molecular flexibility index (Phi) is 12.1. The first-order chi connectivity index (χ1) is 22.1. The predicted octanol–water partition coefficient (Wildman–Crippen LogP) is 13.5. The maximum absolute atomic E-state index is 2.48. The van der Waals surface area contributed by atoms with Crippen LogP contribution in [0.5, 0.6) is 0 Å². The van der Waals surface area contributed by atoms with Gasteiger partial charge >= 0.3 is 0 Å². The zero-order chi connectivity index (χ0) is 31.4. The third-order valence-electron chi connectivity index (χ3n) is 10.0. The molecule has 4 aromatic rings. The van der Waals surface area contributed by atoms with Crippen molar-refractivity contribution < 1.29 is 0 Å². The lowest BCUT2D eigenvalue weighted by molar-refractivity contribution is 0.445. The van der Waals surface area contributed by atoms with Crippen molar-refractivity contribution in [2.75, 3.05) is 0 Å². The fraction of sp³-hybridized carbons (Fsp3) is 0.378. The summed E-state index contributed by atoms with van der Waals surface area (Å²) < 4.78 is 0. The average molecular weight is 595 g/mol. The van der Waals surface area contributed by atoms with E-state index < -0.39 is 0 Å². The predicted molar refractivity (Wildman–Crippen MR) is 198 cm³/mol. The molecule has 0 saturated carbocycles. The van der Waals surface area contributed by atoms with Crippen molar-refractivity contribution in [2.24, 2.45) is 11.8 Å². The molecule has 6 rings (SSSR count). The molecule has 2 atom stereocenters. The smallest absolute Gasteiger partial charge is 0.0184 e. The van der Waals surface area contributed by atoms with Crippen LogP contribution in [0, 0.1) is 18.8 Å². The van der Waals surface area contributed by atoms with Crippen LogP contribution in [-0.2, 0) is 6.42 Å². The van der Waals surface area contributed by atoms with E-state index in [9.17, 15) is 0 Å². The van der Waals surface area contributed by atoms with Gasteiger partial charge in [0.2, 0.25) is 0 Å². The van der Waals surface area contributed by atoms with Crippen LogP contribution in [0.4, 0.5) is 0 Å². The molecule has 0 aromatic heterocycles. The summed E-state index contributed by atoms with van der Waals surface area (Å²) in [5.41, 5.74) is 13.9. The average Bonchev–Trinajstić information content (AvgIpc) is 3.10. The highest BCUT2D eigenvalue weighted by Gasteiger charge is 2.16. The van der Waals surface area contributed by atoms with E-state index >= 15 is 0 Å². The molecular formula is C45H54. The van der Waals surface area contributed by atoms with E-state index in [-0.39, 0.29) is 0 Å². The molecule has 4 aromatic carbocycles. The normalized spacial score (nSPS) is 18.0. The SMILES string of the molecule is CCCC1CC=C(c2ccc(-c3ccc(C)cc3)cc2)CC1.CCCC1CC=C(c2ccc(-c3ccc(CC)cc3)cc2)CC1. The van der Waals surface area contributed by atoms with Crippen molar-refractivity contribution in [3.05, 3.63) is 131 Å². The highest BCUT2D eigenvalue weighted by Crippen LogP contribution is 2.34. The first-order valence-corrected chi connectivity index (χ1v) is 17.8. The fourth-order valence-electron chi connectivity index (χ4n) is 7.07. The zero-order valence-electron chi connectivity index (χ0n) is 28.3. The second kappa shape index (κ2) is 16.6. The molecule has 234 valence electrons. The van der Waals surface area contributed by atoms with Crippen molar-refractivity contribution in [1.29, 1.82) is 0 Å². The molecular weight excluding hydrogens is 540 g/mol. The maximum Gasteiger partial charge on any atom is -0.0184 e. The minimum Gasteiger partial charge on any atom is -0.0804 e. The van der Waals surface area contributed by atoms with Gasteiger partial charge in [-0.25, -0.2) is 0 Å². The van der Waals surface area contributed by atoms with E-state index in [1.165, 1.54) is 109 Å². The molecule has 0 bridgehead atoms. The molecule has 0 amide bonds. The highest BCUT2D eigenvalue weighted by molar-refractivity contribution is 5.72. The molecule has 0 saturated heterocycles. The van der Waals surface area contributed by atoms with Crippen LogP contribution in [0.3, 0.4) is 0 Å². The van der Waals surface area contributed by atoms with Gasteiger partial charge in [0.1, 0.15) is 0 Å². The van der Waals surface area contributed by atoms with E-state index in [4.69, 9.17) is 0 Å². The Morgan fingerprint density at radius 1 is 0.467 bits per heavy atom. The maximum atomic E-state index is 2.48. The summed E-state index contributed by atoms with van der Waals surface area (Å²) in [4.78, 5) is 0. The van der Waals surface area contributed by atoms with Gasteiger partial charge in [0.05, 0.1) is 0 Å². The van der Waals surface area contributed by atoms with Crippen LogP contribution in [-0.4, -0.2) is 0 Å². The number of allylic oxidation sites excluding steroid dienone is 4. The third-order valence-corrected chi connectivity index (χ3v) is 10.0. The van der Waals surface area contributed by atoms with Gasteiger partial charge in [-0.05, 0) is 114 Å². The molecule has 2 aliphatic rings. The van der Waals surface area contributed by atoms with Gasteiger partial charge in [0.25, 0.3) is 0 Å². The highest BCUT2D eigenvalue weighted by atomic mass is 14.2. The molecule has 0 heteroatoms. The van der Waals surface area contributed by atoms with Crippen LogP contribution >= 0.6 is 0 Å². The number of hydrogen-bond donors (Lipinski definition) is 0. The van der Waals surface area contributed by atoms with Crippen LogP contribution in [0.1, 0.15) is 107 Å². The lowest BCUT2D eigenvalue weighted by Gasteiger charge is -2.21. The quantitative estimate of drug-likeness (QED) is 0.181. The minimum absolute atomic E-state index is 0.917. The number of benzene rings is 4. The molecule has 0 spiro atoms. The Morgan fingerprint density at radius 3 is 1.16 bits per heavy atom. The topological polar surface area (TPSA) is 0 Å². The molecule has 0 radical (unpaired) electrons. The summed E-state index contributed by atoms with van der Waals surface area (Å²) in [5, 5.41) is 0. The van der Waals surface area contributed by atoms with Crippen molar-refractivity contribution in [3.63, 3.8) is 0 Å². The van der Waals surface area contributed by atoms with Gasteiger partial charge in [-0.1, -0.05) is 161 Å². The first-order valence-electron chi connectivity index (χ1n) is 17.8. The van der Waals surface area contributed by atoms with Crippen LogP contribution in [0.15, 0.2) is 109 Å². The molecule has 0 aliphatic heterocycles. The van der Waals surface area contributed by atoms with E-state index in [1.54, 1.807) is 11.1 Å². The van der Waals surface area contributed by atoms with Crippen LogP contribution in [0.2, 0.25) is 0 Å². The second-order valence-electron chi connectivity index (χ2n) is 13.4. The van der Waals surface area contributed by atoms with Gasteiger partial charge in [-0.15, -0.1) is 0 Å². The van der Waals surface area contributed by atoms with E-state index in [2.05, 4.69) is 137 Å². The Balaban J connectivity index is 0.000000178. The van der Waals surface area contributed by atoms with Crippen molar-refractivity contribution in [1.82, 2.24) is 0 Å². The van der Waals surface area contributed by atoms with Gasteiger partial charge < -0.3 is 0 Å². The van der Waals surface area contributed by atoms with E-state index in [0.717, 1.165) is 18.3 Å². The standard InChI is InChI=1S/C23H28.C22H26/c1-3-5-19-8-12-21(13-9-19)23-16-14-22(15-17-23)20-10-6-18(4-2)7-11-20;1-3-4-18-7-11-20(12-8-18)22-15-13-21(14-16-22)19-9-5-17(2)6-10-19/h6-7,10-12,14-17,19H,3-5,8-9,13H2,1-2H3;5-6,9-11,13-16,18H,3-4,7-8,12H2,1-2H3. The number of aryl methyl sites for hydroxylation is 2. The largest absolute Gasteiger partial charge is 0.0804 e. The van der Waals surface area contributed by atoms with Crippen LogP contribution < -0.4 is 0 Å². The molecule has 0 heterocycles. The summed E-state index contributed by atoms with van der Waals surface area (Å²) in [6.45, 7) is 8.93. The van der Waals surface area contributed by atoms with Gasteiger partial charge in [-0.3, -0.25) is 0 Å². The van der Waals surface area contributed by atoms with Gasteiger partial charge in [0.15, 0.2) is 0 Å². The van der Waals surface area contributed by atoms with Crippen molar-refractivity contribution in [2.45, 2.75) is 98.3 Å². The molecule has 0 N–H and O–H groups in total. The Morgan fingerprint density at radius 2 is 0.822 bits per heavy atom. The van der Waals surface area contributed by atoms with Crippen molar-refractivity contribution >= 4 is 11.1 Å². The third kappa shape index (κ3) is 9.20. The Labute approximate surface area is 274 Å². The second-order valence-corrected chi connectivity index (χ2v) is 13.4. The van der Waals surface area contributed by atoms with E-state index in [1.807, 2.05) is 0 Å². The van der Waals surface area contributed by atoms with Gasteiger partial charge in [0, 0.05) is 0 Å². The summed E-state index contributed by atoms with van der Waals surface area (Å²) in [7, 11) is 0. The molecule has 2 unspecified atom stereocenters. The summed E-state index contributed by atoms with van der Waals surface area (Å²) >= 11 is 0.